The van der Waals surface area contributed by atoms with Crippen molar-refractivity contribution in [1.29, 1.82) is 0 Å². The lowest BCUT2D eigenvalue weighted by atomic mass is 10.1. The number of piperazine rings is 1. The van der Waals surface area contributed by atoms with Crippen molar-refractivity contribution in [3.63, 3.8) is 0 Å². The molecule has 2 N–H and O–H groups in total. The van der Waals surface area contributed by atoms with Gasteiger partial charge in [-0.05, 0) is 0 Å². The standard InChI is InChI=1S/C18H30N2O5/c21-10-9-19-5-7-20(8-6-19)11-15(22)12-23-13-16-14-24-17-3-1-2-4-18(17)25-16/h1-4,15-18,21-22H,5-14H2. The van der Waals surface area contributed by atoms with Crippen LogP contribution in [0.15, 0.2) is 24.3 Å². The van der Waals surface area contributed by atoms with Crippen molar-refractivity contribution in [2.24, 2.45) is 0 Å². The maximum Gasteiger partial charge on any atom is 0.106 e. The summed E-state index contributed by atoms with van der Waals surface area (Å²) in [6.07, 6.45) is 7.34. The summed E-state index contributed by atoms with van der Waals surface area (Å²) in [6, 6.07) is 0. The number of allylic oxidation sites excluding steroid dienone is 2. The molecule has 3 rings (SSSR count). The summed E-state index contributed by atoms with van der Waals surface area (Å²) < 4.78 is 17.4. The Morgan fingerprint density at radius 1 is 1.08 bits per heavy atom. The molecule has 1 aliphatic carbocycles. The summed E-state index contributed by atoms with van der Waals surface area (Å²) in [6.45, 7) is 6.52. The van der Waals surface area contributed by atoms with Gasteiger partial charge in [-0.25, -0.2) is 0 Å². The van der Waals surface area contributed by atoms with Crippen molar-refractivity contribution in [3.05, 3.63) is 24.3 Å². The van der Waals surface area contributed by atoms with E-state index in [0.29, 0.717) is 26.4 Å². The monoisotopic (exact) mass is 354 g/mol. The topological polar surface area (TPSA) is 74.6 Å². The van der Waals surface area contributed by atoms with Gasteiger partial charge in [-0.3, -0.25) is 9.80 Å². The molecule has 0 saturated carbocycles. The summed E-state index contributed by atoms with van der Waals surface area (Å²) in [5, 5.41) is 19.1. The Morgan fingerprint density at radius 2 is 1.80 bits per heavy atom. The number of aliphatic hydroxyl groups is 2. The van der Waals surface area contributed by atoms with Crippen molar-refractivity contribution >= 4 is 0 Å². The molecular formula is C18H30N2O5. The van der Waals surface area contributed by atoms with Crippen LogP contribution in [-0.4, -0.2) is 110 Å². The Balaban J connectivity index is 1.28. The Morgan fingerprint density at radius 3 is 2.56 bits per heavy atom. The summed E-state index contributed by atoms with van der Waals surface area (Å²) in [5.41, 5.74) is 0. The number of aliphatic hydroxyl groups excluding tert-OH is 2. The highest BCUT2D eigenvalue weighted by atomic mass is 16.6. The summed E-state index contributed by atoms with van der Waals surface area (Å²) >= 11 is 0. The number of β-amino-alcohol motifs (C(OH)–C–C–N with tert-alkyl or cyclic N) is 2. The minimum Gasteiger partial charge on any atom is -0.395 e. The molecule has 0 amide bonds. The Kier molecular flexibility index (Phi) is 7.42. The van der Waals surface area contributed by atoms with Gasteiger partial charge in [0.2, 0.25) is 0 Å². The highest BCUT2D eigenvalue weighted by Crippen LogP contribution is 2.20. The molecule has 7 heteroatoms. The third kappa shape index (κ3) is 5.86. The largest absolute Gasteiger partial charge is 0.395 e. The van der Waals surface area contributed by atoms with Gasteiger partial charge >= 0.3 is 0 Å². The first-order valence-corrected chi connectivity index (χ1v) is 9.18. The van der Waals surface area contributed by atoms with E-state index in [1.807, 2.05) is 24.3 Å². The Bertz CT molecular complexity index is 451. The number of fused-ring (bicyclic) bond motifs is 1. The van der Waals surface area contributed by atoms with Crippen LogP contribution in [0.4, 0.5) is 0 Å². The van der Waals surface area contributed by atoms with Crippen LogP contribution < -0.4 is 0 Å². The van der Waals surface area contributed by atoms with E-state index in [2.05, 4.69) is 9.80 Å². The van der Waals surface area contributed by atoms with E-state index < -0.39 is 6.10 Å². The van der Waals surface area contributed by atoms with Crippen LogP contribution >= 0.6 is 0 Å². The Hall–Kier alpha value is -0.800. The van der Waals surface area contributed by atoms with Gasteiger partial charge in [-0.2, -0.15) is 0 Å². The van der Waals surface area contributed by atoms with E-state index in [1.165, 1.54) is 0 Å². The molecule has 0 spiro atoms. The lowest BCUT2D eigenvalue weighted by molar-refractivity contribution is -0.168. The van der Waals surface area contributed by atoms with Gasteiger partial charge in [0.1, 0.15) is 18.3 Å². The fourth-order valence-corrected chi connectivity index (χ4v) is 3.43. The maximum absolute atomic E-state index is 10.2. The van der Waals surface area contributed by atoms with E-state index in [9.17, 15) is 5.11 Å². The quantitative estimate of drug-likeness (QED) is 0.594. The minimum atomic E-state index is -0.501. The van der Waals surface area contributed by atoms with Gasteiger partial charge < -0.3 is 24.4 Å². The van der Waals surface area contributed by atoms with Crippen molar-refractivity contribution in [2.75, 3.05) is 65.7 Å². The zero-order valence-corrected chi connectivity index (χ0v) is 14.7. The highest BCUT2D eigenvalue weighted by molar-refractivity contribution is 5.17. The molecule has 4 unspecified atom stereocenters. The third-order valence-electron chi connectivity index (χ3n) is 4.82. The lowest BCUT2D eigenvalue weighted by Crippen LogP contribution is -2.49. The molecule has 0 aromatic heterocycles. The predicted molar refractivity (Wildman–Crippen MR) is 93.5 cm³/mol. The fourth-order valence-electron chi connectivity index (χ4n) is 3.43. The van der Waals surface area contributed by atoms with Gasteiger partial charge in [0.15, 0.2) is 0 Å². The Labute approximate surface area is 149 Å². The van der Waals surface area contributed by atoms with Crippen molar-refractivity contribution < 1.29 is 24.4 Å². The van der Waals surface area contributed by atoms with Crippen LogP contribution in [0.2, 0.25) is 0 Å². The zero-order chi connectivity index (χ0) is 17.5. The van der Waals surface area contributed by atoms with E-state index in [0.717, 1.165) is 32.7 Å². The molecule has 25 heavy (non-hydrogen) atoms. The molecule has 7 nitrogen and oxygen atoms in total. The summed E-state index contributed by atoms with van der Waals surface area (Å²) in [7, 11) is 0. The highest BCUT2D eigenvalue weighted by Gasteiger charge is 2.30. The second-order valence-electron chi connectivity index (χ2n) is 6.85. The van der Waals surface area contributed by atoms with Crippen molar-refractivity contribution in [2.45, 2.75) is 24.4 Å². The molecule has 0 aromatic rings. The molecule has 142 valence electrons. The lowest BCUT2D eigenvalue weighted by Gasteiger charge is -2.36. The smallest absolute Gasteiger partial charge is 0.106 e. The second-order valence-corrected chi connectivity index (χ2v) is 6.85. The summed E-state index contributed by atoms with van der Waals surface area (Å²) in [4.78, 5) is 4.48. The van der Waals surface area contributed by atoms with E-state index >= 15 is 0 Å². The van der Waals surface area contributed by atoms with Gasteiger partial charge in [0, 0.05) is 39.3 Å². The van der Waals surface area contributed by atoms with Gasteiger partial charge in [0.25, 0.3) is 0 Å². The molecule has 0 bridgehead atoms. The maximum atomic E-state index is 10.2. The van der Waals surface area contributed by atoms with Gasteiger partial charge in [0.05, 0.1) is 32.5 Å². The molecule has 2 aliphatic heterocycles. The first-order valence-electron chi connectivity index (χ1n) is 9.18. The molecular weight excluding hydrogens is 324 g/mol. The SMILES string of the molecule is OCCN1CCN(CC(O)COCC2COC3C=CC=CC3O2)CC1. The fraction of sp³-hybridized carbons (Fsp3) is 0.778. The van der Waals surface area contributed by atoms with E-state index in [-0.39, 0.29) is 24.9 Å². The molecule has 4 atom stereocenters. The average Bonchev–Trinajstić information content (AvgIpc) is 2.63. The number of hydrogen-bond donors (Lipinski definition) is 2. The van der Waals surface area contributed by atoms with Crippen LogP contribution in [0.5, 0.6) is 0 Å². The first-order chi connectivity index (χ1) is 12.2. The van der Waals surface area contributed by atoms with E-state index in [4.69, 9.17) is 19.3 Å². The van der Waals surface area contributed by atoms with Gasteiger partial charge in [-0.1, -0.05) is 24.3 Å². The van der Waals surface area contributed by atoms with Crippen molar-refractivity contribution in [3.8, 4) is 0 Å². The van der Waals surface area contributed by atoms with Crippen molar-refractivity contribution in [1.82, 2.24) is 9.80 Å². The number of nitrogens with zero attached hydrogens (tertiary/aromatic N) is 2. The zero-order valence-electron chi connectivity index (χ0n) is 14.7. The molecule has 2 heterocycles. The predicted octanol–water partition coefficient (Wildman–Crippen LogP) is -0.748. The second kappa shape index (κ2) is 9.78. The molecule has 2 saturated heterocycles. The normalized spacial score (nSPS) is 31.8. The number of ether oxygens (including phenoxy) is 3. The molecule has 0 aromatic carbocycles. The van der Waals surface area contributed by atoms with Crippen LogP contribution in [0.1, 0.15) is 0 Å². The third-order valence-corrected chi connectivity index (χ3v) is 4.82. The summed E-state index contributed by atoms with van der Waals surface area (Å²) in [5.74, 6) is 0. The molecule has 2 fully saturated rings. The molecule has 3 aliphatic rings. The van der Waals surface area contributed by atoms with Crippen LogP contribution in [0, 0.1) is 0 Å². The van der Waals surface area contributed by atoms with Crippen LogP contribution in [-0.2, 0) is 14.2 Å². The first kappa shape index (κ1) is 19.0. The van der Waals surface area contributed by atoms with Crippen LogP contribution in [0.3, 0.4) is 0 Å². The van der Waals surface area contributed by atoms with Gasteiger partial charge in [-0.15, -0.1) is 0 Å². The van der Waals surface area contributed by atoms with E-state index in [1.54, 1.807) is 0 Å². The molecule has 0 radical (unpaired) electrons. The number of hydrogen-bond acceptors (Lipinski definition) is 7. The minimum absolute atomic E-state index is 0.0105. The number of rotatable bonds is 8. The average molecular weight is 354 g/mol. The van der Waals surface area contributed by atoms with Crippen LogP contribution in [0.25, 0.3) is 0 Å².